The Bertz CT molecular complexity index is 1300. The van der Waals surface area contributed by atoms with E-state index in [-0.39, 0.29) is 21.3 Å². The molecule has 4 rings (SSSR count). The fourth-order valence-electron chi connectivity index (χ4n) is 2.82. The topological polar surface area (TPSA) is 69.8 Å². The third-order valence-electron chi connectivity index (χ3n) is 4.24. The summed E-state index contributed by atoms with van der Waals surface area (Å²) in [4.78, 5) is -0.0896. The highest BCUT2D eigenvalue weighted by Crippen LogP contribution is 2.38. The molecule has 29 heavy (non-hydrogen) atoms. The summed E-state index contributed by atoms with van der Waals surface area (Å²) in [7, 11) is -2.57. The van der Waals surface area contributed by atoms with E-state index >= 15 is 0 Å². The van der Waals surface area contributed by atoms with E-state index in [9.17, 15) is 17.2 Å². The van der Waals surface area contributed by atoms with Crippen molar-refractivity contribution in [3.8, 4) is 22.5 Å². The molecule has 6 nitrogen and oxygen atoms in total. The monoisotopic (exact) mass is 434 g/mol. The van der Waals surface area contributed by atoms with Gasteiger partial charge < -0.3 is 0 Å². The first-order chi connectivity index (χ1) is 13.8. The minimum Gasteiger partial charge on any atom is -0.274 e. The second-order valence-electron chi connectivity index (χ2n) is 6.22. The summed E-state index contributed by atoms with van der Waals surface area (Å²) in [6.45, 7) is 0. The summed E-state index contributed by atoms with van der Waals surface area (Å²) in [5.41, 5.74) is 0.998. The number of rotatable bonds is 4. The minimum atomic E-state index is -4.15. The van der Waals surface area contributed by atoms with Crippen molar-refractivity contribution in [2.75, 3.05) is 0 Å². The minimum absolute atomic E-state index is 0.0377. The van der Waals surface area contributed by atoms with Crippen LogP contribution in [0.4, 0.5) is 8.78 Å². The molecule has 0 fully saturated rings. The predicted molar refractivity (Wildman–Crippen MR) is 104 cm³/mol. The van der Waals surface area contributed by atoms with Crippen LogP contribution in [-0.4, -0.2) is 27.4 Å². The maximum atomic E-state index is 13.4. The van der Waals surface area contributed by atoms with Gasteiger partial charge in [-0.05, 0) is 48.5 Å². The second kappa shape index (κ2) is 7.09. The third kappa shape index (κ3) is 3.43. The predicted octanol–water partition coefficient (Wildman–Crippen LogP) is 4.12. The van der Waals surface area contributed by atoms with E-state index < -0.39 is 21.7 Å². The van der Waals surface area contributed by atoms with Crippen LogP contribution >= 0.6 is 11.6 Å². The number of aryl methyl sites for hydroxylation is 1. The summed E-state index contributed by atoms with van der Waals surface area (Å²) in [5.74, 6) is -0.934. The van der Waals surface area contributed by atoms with Crippen molar-refractivity contribution in [3.05, 3.63) is 77.6 Å². The Balaban J connectivity index is 1.99. The average Bonchev–Trinajstić information content (AvgIpc) is 3.28. The Morgan fingerprint density at radius 3 is 2.00 bits per heavy atom. The fraction of sp³-hybridized carbons (Fsp3) is 0.0526. The van der Waals surface area contributed by atoms with Gasteiger partial charge in [-0.2, -0.15) is 22.7 Å². The van der Waals surface area contributed by atoms with Crippen LogP contribution in [0.25, 0.3) is 22.5 Å². The highest BCUT2D eigenvalue weighted by Gasteiger charge is 2.29. The molecule has 2 aromatic heterocycles. The highest BCUT2D eigenvalue weighted by molar-refractivity contribution is 7.90. The molecule has 0 saturated carbocycles. The molecular weight excluding hydrogens is 422 g/mol. The largest absolute Gasteiger partial charge is 0.286 e. The van der Waals surface area contributed by atoms with Crippen LogP contribution in [0.5, 0.6) is 0 Å². The van der Waals surface area contributed by atoms with E-state index in [1.54, 1.807) is 7.05 Å². The lowest BCUT2D eigenvalue weighted by atomic mass is 10.1. The zero-order chi connectivity index (χ0) is 20.8. The van der Waals surface area contributed by atoms with Crippen LogP contribution in [0.3, 0.4) is 0 Å². The van der Waals surface area contributed by atoms with Gasteiger partial charge in [-0.3, -0.25) is 4.68 Å². The number of benzene rings is 2. The SMILES string of the molecule is Cn1cc(S(=O)(=O)n2nc(-c3ccc(F)cc3)c(Cl)c2-c2ccc(F)cc2)cn1. The van der Waals surface area contributed by atoms with E-state index in [0.29, 0.717) is 11.1 Å². The summed E-state index contributed by atoms with van der Waals surface area (Å²) >= 11 is 6.52. The van der Waals surface area contributed by atoms with Crippen LogP contribution in [0.15, 0.2) is 65.8 Å². The van der Waals surface area contributed by atoms with Gasteiger partial charge in [-0.1, -0.05) is 11.6 Å². The number of nitrogens with zero attached hydrogens (tertiary/aromatic N) is 4. The molecule has 4 aromatic rings. The van der Waals surface area contributed by atoms with Crippen molar-refractivity contribution >= 4 is 21.6 Å². The van der Waals surface area contributed by atoms with Crippen LogP contribution in [-0.2, 0) is 17.1 Å². The lowest BCUT2D eigenvalue weighted by molar-refractivity contribution is 0.581. The van der Waals surface area contributed by atoms with Gasteiger partial charge in [-0.25, -0.2) is 8.78 Å². The molecule has 0 aliphatic rings. The molecule has 0 saturated heterocycles. The van der Waals surface area contributed by atoms with Crippen LogP contribution in [0.1, 0.15) is 0 Å². The number of hydrogen-bond donors (Lipinski definition) is 0. The van der Waals surface area contributed by atoms with E-state index in [0.717, 1.165) is 4.09 Å². The molecule has 0 amide bonds. The first-order valence-electron chi connectivity index (χ1n) is 8.32. The molecule has 0 spiro atoms. The molecule has 0 N–H and O–H groups in total. The smallest absolute Gasteiger partial charge is 0.274 e. The first kappa shape index (κ1) is 19.3. The normalized spacial score (nSPS) is 11.7. The standard InChI is InChI=1S/C19H13ClF2N4O2S/c1-25-11-16(10-23-25)29(27,28)26-19(13-4-8-15(22)9-5-13)17(20)18(24-26)12-2-6-14(21)7-3-12/h2-11H,1H3. The van der Waals surface area contributed by atoms with Crippen molar-refractivity contribution in [1.29, 1.82) is 0 Å². The van der Waals surface area contributed by atoms with Crippen LogP contribution < -0.4 is 0 Å². The Labute approximate surface area is 170 Å². The number of halogens is 3. The van der Waals surface area contributed by atoms with Gasteiger partial charge >= 0.3 is 0 Å². The maximum Gasteiger partial charge on any atom is 0.286 e. The number of aromatic nitrogens is 4. The van der Waals surface area contributed by atoms with Gasteiger partial charge in [0.15, 0.2) is 0 Å². The van der Waals surface area contributed by atoms with E-state index in [1.807, 2.05) is 0 Å². The summed E-state index contributed by atoms with van der Waals surface area (Å²) in [6.07, 6.45) is 2.52. The van der Waals surface area contributed by atoms with Gasteiger partial charge in [0.05, 0.1) is 11.2 Å². The number of hydrogen-bond acceptors (Lipinski definition) is 4. The van der Waals surface area contributed by atoms with Crippen molar-refractivity contribution in [2.45, 2.75) is 4.90 Å². The Hall–Kier alpha value is -3.04. The molecule has 2 aromatic carbocycles. The fourth-order valence-corrected chi connectivity index (χ4v) is 4.50. The molecule has 0 aliphatic carbocycles. The molecule has 0 aliphatic heterocycles. The van der Waals surface area contributed by atoms with Gasteiger partial charge in [0.25, 0.3) is 10.0 Å². The molecule has 148 valence electrons. The Kier molecular flexibility index (Phi) is 4.71. The van der Waals surface area contributed by atoms with Crippen molar-refractivity contribution in [1.82, 2.24) is 19.0 Å². The summed E-state index contributed by atoms with van der Waals surface area (Å²) in [6, 6.07) is 10.5. The lowest BCUT2D eigenvalue weighted by Crippen LogP contribution is -2.15. The zero-order valence-corrected chi connectivity index (χ0v) is 16.5. The zero-order valence-electron chi connectivity index (χ0n) is 14.9. The lowest BCUT2D eigenvalue weighted by Gasteiger charge is -2.07. The summed E-state index contributed by atoms with van der Waals surface area (Å²) < 4.78 is 55.3. The van der Waals surface area contributed by atoms with E-state index in [4.69, 9.17) is 11.6 Å². The third-order valence-corrected chi connectivity index (χ3v) is 6.12. The molecule has 0 unspecified atom stereocenters. The molecule has 2 heterocycles. The van der Waals surface area contributed by atoms with Crippen molar-refractivity contribution in [2.24, 2.45) is 7.05 Å². The van der Waals surface area contributed by atoms with Gasteiger partial charge in [-0.15, -0.1) is 0 Å². The van der Waals surface area contributed by atoms with Crippen molar-refractivity contribution in [3.63, 3.8) is 0 Å². The van der Waals surface area contributed by atoms with Crippen LogP contribution in [0.2, 0.25) is 5.02 Å². The van der Waals surface area contributed by atoms with E-state index in [1.165, 1.54) is 65.6 Å². The first-order valence-corrected chi connectivity index (χ1v) is 10.1. The highest BCUT2D eigenvalue weighted by atomic mass is 35.5. The maximum absolute atomic E-state index is 13.4. The van der Waals surface area contributed by atoms with Gasteiger partial charge in [0, 0.05) is 24.4 Å². The molecule has 0 atom stereocenters. The Morgan fingerprint density at radius 1 is 0.931 bits per heavy atom. The van der Waals surface area contributed by atoms with Gasteiger partial charge in [0.2, 0.25) is 0 Å². The quantitative estimate of drug-likeness (QED) is 0.484. The van der Waals surface area contributed by atoms with Crippen LogP contribution in [0, 0.1) is 11.6 Å². The van der Waals surface area contributed by atoms with Gasteiger partial charge in [0.1, 0.15) is 27.9 Å². The van der Waals surface area contributed by atoms with E-state index in [2.05, 4.69) is 10.2 Å². The Morgan fingerprint density at radius 2 is 1.48 bits per heavy atom. The molecular formula is C19H13ClF2N4O2S. The molecule has 10 heteroatoms. The van der Waals surface area contributed by atoms with Crippen molar-refractivity contribution < 1.29 is 17.2 Å². The average molecular weight is 435 g/mol. The summed E-state index contributed by atoms with van der Waals surface area (Å²) in [5, 5.41) is 8.14. The molecule has 0 radical (unpaired) electrons. The second-order valence-corrected chi connectivity index (χ2v) is 8.37. The molecule has 0 bridgehead atoms.